The molecule has 0 saturated heterocycles. The first-order valence-corrected chi connectivity index (χ1v) is 8.31. The largest absolute Gasteiger partial charge is 0.459 e. The molecule has 0 fully saturated rings. The number of nitrogens with zero attached hydrogens (tertiary/aromatic N) is 1. The molecular formula is C19H24N2O3. The highest BCUT2D eigenvalue weighted by Crippen LogP contribution is 2.19. The molecule has 0 radical (unpaired) electrons. The second-order valence-corrected chi connectivity index (χ2v) is 5.75. The van der Waals surface area contributed by atoms with Crippen molar-refractivity contribution in [1.29, 1.82) is 0 Å². The lowest BCUT2D eigenvalue weighted by atomic mass is 10.1. The van der Waals surface area contributed by atoms with Crippen molar-refractivity contribution in [1.82, 2.24) is 4.90 Å². The van der Waals surface area contributed by atoms with Crippen LogP contribution in [-0.4, -0.2) is 29.8 Å². The topological polar surface area (TPSA) is 62.6 Å². The van der Waals surface area contributed by atoms with Crippen molar-refractivity contribution in [2.45, 2.75) is 33.6 Å². The summed E-state index contributed by atoms with van der Waals surface area (Å²) < 4.78 is 5.10. The number of amides is 2. The predicted molar refractivity (Wildman–Crippen MR) is 94.3 cm³/mol. The fourth-order valence-corrected chi connectivity index (χ4v) is 2.52. The molecule has 0 saturated carbocycles. The van der Waals surface area contributed by atoms with Crippen LogP contribution in [0.1, 0.15) is 53.2 Å². The standard InChI is InChI=1S/C19H24N2O3/c1-4-10-21(11-5-2)19(23)15-9-8-14(3)16(13-15)20-18(22)17-7-6-12-24-17/h6-9,12-13H,4-5,10-11H2,1-3H3,(H,20,22). The Hall–Kier alpha value is -2.56. The molecule has 2 rings (SSSR count). The predicted octanol–water partition coefficient (Wildman–Crippen LogP) is 4.10. The molecule has 0 bridgehead atoms. The summed E-state index contributed by atoms with van der Waals surface area (Å²) in [4.78, 5) is 26.7. The van der Waals surface area contributed by atoms with Gasteiger partial charge in [0, 0.05) is 24.3 Å². The summed E-state index contributed by atoms with van der Waals surface area (Å²) in [5, 5.41) is 2.81. The Morgan fingerprint density at radius 2 is 1.83 bits per heavy atom. The van der Waals surface area contributed by atoms with Gasteiger partial charge in [-0.3, -0.25) is 9.59 Å². The van der Waals surface area contributed by atoms with E-state index in [0.717, 1.165) is 31.5 Å². The number of carbonyl (C=O) groups excluding carboxylic acids is 2. The maximum atomic E-state index is 12.7. The molecule has 0 aliphatic heterocycles. The van der Waals surface area contributed by atoms with Crippen molar-refractivity contribution in [2.24, 2.45) is 0 Å². The molecule has 0 aliphatic rings. The number of hydrogen-bond donors (Lipinski definition) is 1. The van der Waals surface area contributed by atoms with Crippen LogP contribution in [0.5, 0.6) is 0 Å². The lowest BCUT2D eigenvalue weighted by Gasteiger charge is -2.22. The van der Waals surface area contributed by atoms with E-state index in [1.165, 1.54) is 6.26 Å². The molecule has 0 atom stereocenters. The quantitative estimate of drug-likeness (QED) is 0.832. The van der Waals surface area contributed by atoms with Crippen LogP contribution in [0.15, 0.2) is 41.0 Å². The molecule has 1 aromatic heterocycles. The fraction of sp³-hybridized carbons (Fsp3) is 0.368. The average molecular weight is 328 g/mol. The normalized spacial score (nSPS) is 10.5. The van der Waals surface area contributed by atoms with Gasteiger partial charge < -0.3 is 14.6 Å². The lowest BCUT2D eigenvalue weighted by Crippen LogP contribution is -2.32. The van der Waals surface area contributed by atoms with Crippen LogP contribution in [0.3, 0.4) is 0 Å². The van der Waals surface area contributed by atoms with E-state index in [1.54, 1.807) is 24.3 Å². The van der Waals surface area contributed by atoms with Crippen molar-refractivity contribution in [2.75, 3.05) is 18.4 Å². The second-order valence-electron chi connectivity index (χ2n) is 5.75. The molecule has 5 nitrogen and oxygen atoms in total. The summed E-state index contributed by atoms with van der Waals surface area (Å²) in [6, 6.07) is 8.65. The summed E-state index contributed by atoms with van der Waals surface area (Å²) in [5.74, 6) is -0.0939. The van der Waals surface area contributed by atoms with Crippen molar-refractivity contribution >= 4 is 17.5 Å². The second kappa shape index (κ2) is 8.34. The smallest absolute Gasteiger partial charge is 0.291 e. The molecule has 0 aliphatic carbocycles. The molecule has 0 spiro atoms. The Balaban J connectivity index is 2.21. The van der Waals surface area contributed by atoms with Crippen molar-refractivity contribution in [3.8, 4) is 0 Å². The van der Waals surface area contributed by atoms with E-state index in [2.05, 4.69) is 19.2 Å². The van der Waals surface area contributed by atoms with Gasteiger partial charge in [-0.1, -0.05) is 19.9 Å². The summed E-state index contributed by atoms with van der Waals surface area (Å²) in [6.45, 7) is 7.46. The van der Waals surface area contributed by atoms with Gasteiger partial charge in [0.2, 0.25) is 0 Å². The minimum atomic E-state index is -0.327. The third-order valence-corrected chi connectivity index (χ3v) is 3.75. The monoisotopic (exact) mass is 328 g/mol. The van der Waals surface area contributed by atoms with E-state index >= 15 is 0 Å². The maximum Gasteiger partial charge on any atom is 0.291 e. The number of aryl methyl sites for hydroxylation is 1. The molecule has 5 heteroatoms. The molecule has 128 valence electrons. The number of anilines is 1. The highest BCUT2D eigenvalue weighted by molar-refractivity contribution is 6.03. The van der Waals surface area contributed by atoms with Gasteiger partial charge in [0.05, 0.1) is 6.26 Å². The zero-order valence-corrected chi connectivity index (χ0v) is 14.5. The summed E-state index contributed by atoms with van der Waals surface area (Å²) >= 11 is 0. The molecule has 1 N–H and O–H groups in total. The van der Waals surface area contributed by atoms with Crippen molar-refractivity contribution in [3.63, 3.8) is 0 Å². The van der Waals surface area contributed by atoms with Crippen LogP contribution in [-0.2, 0) is 0 Å². The molecule has 1 heterocycles. The number of carbonyl (C=O) groups is 2. The molecular weight excluding hydrogens is 304 g/mol. The zero-order valence-electron chi connectivity index (χ0n) is 14.5. The first-order valence-electron chi connectivity index (χ1n) is 8.31. The number of benzene rings is 1. The SMILES string of the molecule is CCCN(CCC)C(=O)c1ccc(C)c(NC(=O)c2ccco2)c1. The average Bonchev–Trinajstić information content (AvgIpc) is 3.10. The lowest BCUT2D eigenvalue weighted by molar-refractivity contribution is 0.0755. The highest BCUT2D eigenvalue weighted by Gasteiger charge is 2.17. The first-order chi connectivity index (χ1) is 11.6. The van der Waals surface area contributed by atoms with E-state index in [9.17, 15) is 9.59 Å². The van der Waals surface area contributed by atoms with Gasteiger partial charge >= 0.3 is 0 Å². The van der Waals surface area contributed by atoms with E-state index in [0.29, 0.717) is 11.3 Å². The molecule has 0 unspecified atom stereocenters. The van der Waals surface area contributed by atoms with Crippen LogP contribution in [0.4, 0.5) is 5.69 Å². The Bertz CT molecular complexity index is 687. The molecule has 24 heavy (non-hydrogen) atoms. The first kappa shape index (κ1) is 17.8. The van der Waals surface area contributed by atoms with Crippen LogP contribution < -0.4 is 5.32 Å². The van der Waals surface area contributed by atoms with Gasteiger partial charge in [-0.2, -0.15) is 0 Å². The van der Waals surface area contributed by atoms with E-state index < -0.39 is 0 Å². The minimum absolute atomic E-state index is 0.00722. The Labute approximate surface area is 142 Å². The fourth-order valence-electron chi connectivity index (χ4n) is 2.52. The summed E-state index contributed by atoms with van der Waals surface area (Å²) in [5.41, 5.74) is 2.09. The van der Waals surface area contributed by atoms with Gasteiger partial charge in [-0.15, -0.1) is 0 Å². The van der Waals surface area contributed by atoms with E-state index in [1.807, 2.05) is 17.9 Å². The highest BCUT2D eigenvalue weighted by atomic mass is 16.3. The number of furan rings is 1. The third-order valence-electron chi connectivity index (χ3n) is 3.75. The van der Waals surface area contributed by atoms with Crippen LogP contribution in [0.25, 0.3) is 0 Å². The Morgan fingerprint density at radius 1 is 1.12 bits per heavy atom. The van der Waals surface area contributed by atoms with Gasteiger partial charge in [0.15, 0.2) is 5.76 Å². The number of hydrogen-bond acceptors (Lipinski definition) is 3. The van der Waals surface area contributed by atoms with Crippen LogP contribution >= 0.6 is 0 Å². The van der Waals surface area contributed by atoms with Gasteiger partial charge in [-0.05, 0) is 49.6 Å². The van der Waals surface area contributed by atoms with Crippen LogP contribution in [0.2, 0.25) is 0 Å². The molecule has 2 aromatic rings. The van der Waals surface area contributed by atoms with Crippen molar-refractivity contribution < 1.29 is 14.0 Å². The number of rotatable bonds is 7. The summed E-state index contributed by atoms with van der Waals surface area (Å²) in [7, 11) is 0. The van der Waals surface area contributed by atoms with Gasteiger partial charge in [0.25, 0.3) is 11.8 Å². The van der Waals surface area contributed by atoms with E-state index in [-0.39, 0.29) is 17.6 Å². The van der Waals surface area contributed by atoms with Crippen molar-refractivity contribution in [3.05, 3.63) is 53.5 Å². The van der Waals surface area contributed by atoms with Gasteiger partial charge in [-0.25, -0.2) is 0 Å². The Morgan fingerprint density at radius 3 is 2.42 bits per heavy atom. The molecule has 1 aromatic carbocycles. The minimum Gasteiger partial charge on any atom is -0.459 e. The third kappa shape index (κ3) is 4.25. The van der Waals surface area contributed by atoms with Crippen LogP contribution in [0, 0.1) is 6.92 Å². The summed E-state index contributed by atoms with van der Waals surface area (Å²) in [6.07, 6.45) is 3.29. The van der Waals surface area contributed by atoms with E-state index in [4.69, 9.17) is 4.42 Å². The number of nitrogens with one attached hydrogen (secondary N) is 1. The van der Waals surface area contributed by atoms with Gasteiger partial charge in [0.1, 0.15) is 0 Å². The molecule has 2 amide bonds. The zero-order chi connectivity index (χ0) is 17.5. The maximum absolute atomic E-state index is 12.7. The Kier molecular flexibility index (Phi) is 6.18.